The first-order chi connectivity index (χ1) is 15.3. The van der Waals surface area contributed by atoms with Gasteiger partial charge in [0.2, 0.25) is 10.0 Å². The van der Waals surface area contributed by atoms with E-state index in [0.717, 1.165) is 45.6 Å². The molecule has 32 heavy (non-hydrogen) atoms. The number of methoxy groups -OCH3 is 1. The van der Waals surface area contributed by atoms with E-state index in [2.05, 4.69) is 50.4 Å². The Morgan fingerprint density at radius 2 is 1.78 bits per heavy atom. The van der Waals surface area contributed by atoms with E-state index in [1.165, 1.54) is 36.6 Å². The summed E-state index contributed by atoms with van der Waals surface area (Å²) in [5.74, 6) is -0.482. The predicted octanol–water partition coefficient (Wildman–Crippen LogP) is 2.97. The number of carbonyl (C=O) groups is 1. The highest BCUT2D eigenvalue weighted by Crippen LogP contribution is 2.19. The van der Waals surface area contributed by atoms with Gasteiger partial charge in [-0.2, -0.15) is 0 Å². The number of piperazine rings is 1. The minimum atomic E-state index is -3.61. The zero-order chi connectivity index (χ0) is 23.1. The summed E-state index contributed by atoms with van der Waals surface area (Å²) in [5.41, 5.74) is 3.43. The fourth-order valence-electron chi connectivity index (χ4n) is 3.99. The van der Waals surface area contributed by atoms with Gasteiger partial charge in [0.25, 0.3) is 0 Å². The molecule has 0 unspecified atom stereocenters. The van der Waals surface area contributed by atoms with Crippen molar-refractivity contribution in [3.05, 3.63) is 59.2 Å². The maximum absolute atomic E-state index is 12.6. The van der Waals surface area contributed by atoms with Crippen LogP contribution in [0.15, 0.2) is 47.4 Å². The Morgan fingerprint density at radius 3 is 2.44 bits per heavy atom. The van der Waals surface area contributed by atoms with Crippen molar-refractivity contribution < 1.29 is 17.9 Å². The first kappa shape index (κ1) is 24.2. The SMILES string of the molecule is COC(=O)c1ccc(S(=O)(=O)NCCCCN2CCN(c3cccc(C)c3)CC2)c(C)c1. The van der Waals surface area contributed by atoms with Gasteiger partial charge in [-0.25, -0.2) is 17.9 Å². The molecule has 7 nitrogen and oxygen atoms in total. The molecule has 3 rings (SSSR count). The normalized spacial score (nSPS) is 15.0. The van der Waals surface area contributed by atoms with E-state index in [1.807, 2.05) is 0 Å². The number of nitrogens with zero attached hydrogens (tertiary/aromatic N) is 2. The highest BCUT2D eigenvalue weighted by atomic mass is 32.2. The minimum absolute atomic E-state index is 0.192. The third-order valence-corrected chi connectivity index (χ3v) is 7.44. The van der Waals surface area contributed by atoms with Gasteiger partial charge >= 0.3 is 5.97 Å². The molecule has 1 N–H and O–H groups in total. The van der Waals surface area contributed by atoms with Crippen molar-refractivity contribution >= 4 is 21.7 Å². The first-order valence-electron chi connectivity index (χ1n) is 11.0. The molecule has 2 aromatic carbocycles. The fourth-order valence-corrected chi connectivity index (χ4v) is 5.29. The Hall–Kier alpha value is -2.42. The van der Waals surface area contributed by atoms with Crippen molar-refractivity contribution in [3.8, 4) is 0 Å². The number of benzene rings is 2. The number of unbranched alkanes of at least 4 members (excludes halogenated alkanes) is 1. The highest BCUT2D eigenvalue weighted by molar-refractivity contribution is 7.89. The van der Waals surface area contributed by atoms with Crippen LogP contribution in [0, 0.1) is 13.8 Å². The lowest BCUT2D eigenvalue weighted by atomic mass is 10.1. The van der Waals surface area contributed by atoms with Gasteiger partial charge in [0.05, 0.1) is 17.6 Å². The Labute approximate surface area is 191 Å². The molecule has 1 aliphatic rings. The van der Waals surface area contributed by atoms with Crippen LogP contribution in [0.4, 0.5) is 5.69 Å². The maximum atomic E-state index is 12.6. The molecule has 0 bridgehead atoms. The van der Waals surface area contributed by atoms with Crippen molar-refractivity contribution in [1.29, 1.82) is 0 Å². The number of hydrogen-bond acceptors (Lipinski definition) is 6. The summed E-state index contributed by atoms with van der Waals surface area (Å²) >= 11 is 0. The summed E-state index contributed by atoms with van der Waals surface area (Å²) in [6.07, 6.45) is 1.71. The molecule has 0 aliphatic carbocycles. The van der Waals surface area contributed by atoms with Crippen molar-refractivity contribution in [2.75, 3.05) is 51.3 Å². The van der Waals surface area contributed by atoms with E-state index in [-0.39, 0.29) is 4.90 Å². The van der Waals surface area contributed by atoms with Crippen molar-refractivity contribution in [1.82, 2.24) is 9.62 Å². The number of esters is 1. The van der Waals surface area contributed by atoms with Gasteiger partial charge in [0.1, 0.15) is 0 Å². The number of sulfonamides is 1. The summed E-state index contributed by atoms with van der Waals surface area (Å²) in [7, 11) is -2.31. The number of nitrogens with one attached hydrogen (secondary N) is 1. The molecule has 174 valence electrons. The Balaban J connectivity index is 1.40. The van der Waals surface area contributed by atoms with Gasteiger partial charge in [-0.1, -0.05) is 12.1 Å². The molecule has 0 atom stereocenters. The molecule has 0 aromatic heterocycles. The second-order valence-electron chi connectivity index (χ2n) is 8.24. The van der Waals surface area contributed by atoms with Crippen LogP contribution in [-0.4, -0.2) is 65.7 Å². The molecule has 0 amide bonds. The quantitative estimate of drug-likeness (QED) is 0.459. The molecule has 0 radical (unpaired) electrons. The topological polar surface area (TPSA) is 78.9 Å². The van der Waals surface area contributed by atoms with Gasteiger partial charge in [0, 0.05) is 38.4 Å². The third kappa shape index (κ3) is 6.31. The first-order valence-corrected chi connectivity index (χ1v) is 12.5. The molecule has 2 aromatic rings. The molecule has 1 heterocycles. The lowest BCUT2D eigenvalue weighted by molar-refractivity contribution is 0.0600. The average molecular weight is 460 g/mol. The second-order valence-corrected chi connectivity index (χ2v) is 9.98. The van der Waals surface area contributed by atoms with Crippen LogP contribution < -0.4 is 9.62 Å². The molecule has 8 heteroatoms. The number of aryl methyl sites for hydroxylation is 2. The van der Waals surface area contributed by atoms with E-state index >= 15 is 0 Å². The summed E-state index contributed by atoms with van der Waals surface area (Å²) in [4.78, 5) is 16.7. The van der Waals surface area contributed by atoms with E-state index < -0.39 is 16.0 Å². The highest BCUT2D eigenvalue weighted by Gasteiger charge is 2.19. The Morgan fingerprint density at radius 1 is 1.03 bits per heavy atom. The fraction of sp³-hybridized carbons (Fsp3) is 0.458. The van der Waals surface area contributed by atoms with Crippen LogP contribution >= 0.6 is 0 Å². The predicted molar refractivity (Wildman–Crippen MR) is 127 cm³/mol. The number of anilines is 1. The molecule has 1 fully saturated rings. The number of hydrogen-bond donors (Lipinski definition) is 1. The lowest BCUT2D eigenvalue weighted by Crippen LogP contribution is -2.46. The largest absolute Gasteiger partial charge is 0.465 e. The summed E-state index contributed by atoms with van der Waals surface area (Å²) in [5, 5.41) is 0. The zero-order valence-corrected chi connectivity index (χ0v) is 20.0. The van der Waals surface area contributed by atoms with Gasteiger partial charge in [-0.15, -0.1) is 0 Å². The van der Waals surface area contributed by atoms with Gasteiger partial charge in [0.15, 0.2) is 0 Å². The van der Waals surface area contributed by atoms with Crippen LogP contribution in [0.25, 0.3) is 0 Å². The van der Waals surface area contributed by atoms with E-state index in [9.17, 15) is 13.2 Å². The minimum Gasteiger partial charge on any atom is -0.465 e. The van der Waals surface area contributed by atoms with E-state index in [4.69, 9.17) is 0 Å². The average Bonchev–Trinajstić information content (AvgIpc) is 2.78. The molecule has 1 aliphatic heterocycles. The van der Waals surface area contributed by atoms with Crippen LogP contribution in [-0.2, 0) is 14.8 Å². The van der Waals surface area contributed by atoms with Gasteiger partial charge < -0.3 is 9.64 Å². The molecule has 0 saturated carbocycles. The second kappa shape index (κ2) is 10.9. The van der Waals surface area contributed by atoms with Crippen LogP contribution in [0.5, 0.6) is 0 Å². The zero-order valence-electron chi connectivity index (χ0n) is 19.1. The van der Waals surface area contributed by atoms with E-state index in [1.54, 1.807) is 6.92 Å². The third-order valence-electron chi connectivity index (χ3n) is 5.82. The van der Waals surface area contributed by atoms with Gasteiger partial charge in [-0.3, -0.25) is 4.90 Å². The Kier molecular flexibility index (Phi) is 8.28. The molecular formula is C24H33N3O4S. The molecule has 1 saturated heterocycles. The molecule has 0 spiro atoms. The standard InChI is InChI=1S/C24H33N3O4S/c1-19-7-6-8-22(17-19)27-15-13-26(14-16-27)12-5-4-11-25-32(29,30)23-10-9-21(18-20(23)2)24(28)31-3/h6-10,17-18,25H,4-5,11-16H2,1-3H3. The number of carbonyl (C=O) groups excluding carboxylic acids is 1. The summed E-state index contributed by atoms with van der Waals surface area (Å²) < 4.78 is 32.6. The summed E-state index contributed by atoms with van der Waals surface area (Å²) in [6, 6.07) is 13.1. The van der Waals surface area contributed by atoms with Crippen LogP contribution in [0.2, 0.25) is 0 Å². The number of rotatable bonds is 9. The monoisotopic (exact) mass is 459 g/mol. The lowest BCUT2D eigenvalue weighted by Gasteiger charge is -2.36. The van der Waals surface area contributed by atoms with Crippen LogP contribution in [0.1, 0.15) is 34.3 Å². The van der Waals surface area contributed by atoms with Crippen LogP contribution in [0.3, 0.4) is 0 Å². The van der Waals surface area contributed by atoms with Crippen molar-refractivity contribution in [2.24, 2.45) is 0 Å². The van der Waals surface area contributed by atoms with E-state index in [0.29, 0.717) is 17.7 Å². The summed E-state index contributed by atoms with van der Waals surface area (Å²) in [6.45, 7) is 9.22. The van der Waals surface area contributed by atoms with Gasteiger partial charge in [-0.05, 0) is 74.7 Å². The Bertz CT molecular complexity index is 1030. The maximum Gasteiger partial charge on any atom is 0.337 e. The number of ether oxygens (including phenoxy) is 1. The van der Waals surface area contributed by atoms with Crippen molar-refractivity contribution in [3.63, 3.8) is 0 Å². The molecular weight excluding hydrogens is 426 g/mol. The van der Waals surface area contributed by atoms with Crippen molar-refractivity contribution in [2.45, 2.75) is 31.6 Å². The smallest absolute Gasteiger partial charge is 0.337 e.